The fraction of sp³-hybridized carbons (Fsp3) is 0.500. The summed E-state index contributed by atoms with van der Waals surface area (Å²) < 4.78 is 0. The lowest BCUT2D eigenvalue weighted by molar-refractivity contribution is -0.143. The second kappa shape index (κ2) is 5.28. The first kappa shape index (κ1) is 15.6. The van der Waals surface area contributed by atoms with E-state index in [1.54, 1.807) is 11.4 Å². The van der Waals surface area contributed by atoms with Crippen LogP contribution in [0.5, 0.6) is 0 Å². The molecule has 2 aliphatic carbocycles. The molecule has 4 atom stereocenters. The topological polar surface area (TPSA) is 66.5 Å². The van der Waals surface area contributed by atoms with Crippen molar-refractivity contribution in [3.63, 3.8) is 0 Å². The number of amides is 3. The molecule has 1 aromatic rings. The van der Waals surface area contributed by atoms with Crippen LogP contribution in [0.1, 0.15) is 41.9 Å². The lowest BCUT2D eigenvalue weighted by Gasteiger charge is -2.19. The summed E-state index contributed by atoms with van der Waals surface area (Å²) in [6.07, 6.45) is 1.94. The minimum Gasteiger partial charge on any atom is -0.272 e. The van der Waals surface area contributed by atoms with Crippen molar-refractivity contribution >= 4 is 29.1 Å². The van der Waals surface area contributed by atoms with Crippen LogP contribution >= 0.6 is 11.3 Å². The Labute approximate surface area is 144 Å². The number of imide groups is 1. The molecular weight excluding hydrogens is 324 g/mol. The van der Waals surface area contributed by atoms with Crippen LogP contribution in [0.3, 0.4) is 0 Å². The second-order valence-electron chi connectivity index (χ2n) is 7.20. The molecular formula is C18H20N2O3S. The van der Waals surface area contributed by atoms with Gasteiger partial charge in [-0.1, -0.05) is 11.1 Å². The first-order valence-corrected chi connectivity index (χ1v) is 9.19. The van der Waals surface area contributed by atoms with Crippen LogP contribution in [0.2, 0.25) is 0 Å². The van der Waals surface area contributed by atoms with E-state index in [4.69, 9.17) is 0 Å². The fourth-order valence-electron chi connectivity index (χ4n) is 4.83. The number of hydrogen-bond acceptors (Lipinski definition) is 4. The molecule has 0 radical (unpaired) electrons. The Morgan fingerprint density at radius 3 is 2.21 bits per heavy atom. The van der Waals surface area contributed by atoms with E-state index < -0.39 is 5.91 Å². The molecule has 126 valence electrons. The maximum atomic E-state index is 12.8. The predicted octanol–water partition coefficient (Wildman–Crippen LogP) is 2.68. The molecule has 1 aliphatic heterocycles. The van der Waals surface area contributed by atoms with Gasteiger partial charge >= 0.3 is 0 Å². The summed E-state index contributed by atoms with van der Waals surface area (Å²) in [6, 6.07) is 1.76. The van der Waals surface area contributed by atoms with Crippen molar-refractivity contribution in [2.45, 2.75) is 33.6 Å². The SMILES string of the molecule is CC(C)=C1C2CCC1C1C(=O)N(NC(=O)c3csc(C)c3)C(=O)C21. The van der Waals surface area contributed by atoms with Crippen molar-refractivity contribution in [3.05, 3.63) is 33.0 Å². The molecule has 1 aromatic heterocycles. The zero-order valence-electron chi connectivity index (χ0n) is 14.0. The highest BCUT2D eigenvalue weighted by Crippen LogP contribution is 2.59. The molecule has 2 bridgehead atoms. The van der Waals surface area contributed by atoms with Crippen molar-refractivity contribution in [2.24, 2.45) is 23.7 Å². The first-order chi connectivity index (χ1) is 11.4. The molecule has 5 nitrogen and oxygen atoms in total. The number of fused-ring (bicyclic) bond motifs is 5. The molecule has 2 heterocycles. The molecule has 3 aliphatic rings. The molecule has 2 saturated carbocycles. The van der Waals surface area contributed by atoms with Gasteiger partial charge in [-0.15, -0.1) is 11.3 Å². The fourth-order valence-corrected chi connectivity index (χ4v) is 5.51. The number of nitrogens with zero attached hydrogens (tertiary/aromatic N) is 1. The number of aryl methyl sites for hydroxylation is 1. The largest absolute Gasteiger partial charge is 0.272 e. The van der Waals surface area contributed by atoms with Crippen LogP contribution in [-0.4, -0.2) is 22.7 Å². The molecule has 0 aromatic carbocycles. The summed E-state index contributed by atoms with van der Waals surface area (Å²) in [7, 11) is 0. The van der Waals surface area contributed by atoms with Crippen LogP contribution in [0.25, 0.3) is 0 Å². The van der Waals surface area contributed by atoms with Gasteiger partial charge in [-0.25, -0.2) is 0 Å². The molecule has 1 saturated heterocycles. The summed E-state index contributed by atoms with van der Waals surface area (Å²) in [6.45, 7) is 6.04. The number of thiophene rings is 1. The summed E-state index contributed by atoms with van der Waals surface area (Å²) in [5.41, 5.74) is 5.57. The molecule has 6 heteroatoms. The van der Waals surface area contributed by atoms with Crippen molar-refractivity contribution in [1.29, 1.82) is 0 Å². The van der Waals surface area contributed by atoms with E-state index >= 15 is 0 Å². The summed E-state index contributed by atoms with van der Waals surface area (Å²) in [5.74, 6) is -1.10. The number of carbonyl (C=O) groups excluding carboxylic acids is 3. The van der Waals surface area contributed by atoms with Gasteiger partial charge < -0.3 is 0 Å². The Bertz CT molecular complexity index is 758. The lowest BCUT2D eigenvalue weighted by atomic mass is 9.81. The number of hydrogen-bond donors (Lipinski definition) is 1. The lowest BCUT2D eigenvalue weighted by Crippen LogP contribution is -2.47. The van der Waals surface area contributed by atoms with Crippen molar-refractivity contribution in [1.82, 2.24) is 10.4 Å². The highest BCUT2D eigenvalue weighted by atomic mass is 32.1. The monoisotopic (exact) mass is 344 g/mol. The van der Waals surface area contributed by atoms with E-state index in [1.165, 1.54) is 22.5 Å². The number of carbonyl (C=O) groups is 3. The standard InChI is InChI=1S/C18H20N2O3S/c1-8(2)13-11-4-5-12(13)15-14(11)17(22)20(18(15)23)19-16(21)10-6-9(3)24-7-10/h6-7,11-12,14-15H,4-5H2,1-3H3,(H,19,21). The maximum Gasteiger partial charge on any atom is 0.271 e. The van der Waals surface area contributed by atoms with Gasteiger partial charge in [-0.2, -0.15) is 5.01 Å². The van der Waals surface area contributed by atoms with E-state index in [1.807, 2.05) is 6.92 Å². The van der Waals surface area contributed by atoms with Gasteiger partial charge in [0.25, 0.3) is 17.7 Å². The Kier molecular flexibility index (Phi) is 3.42. The Hall–Kier alpha value is -1.95. The van der Waals surface area contributed by atoms with Crippen LogP contribution in [0, 0.1) is 30.6 Å². The molecule has 24 heavy (non-hydrogen) atoms. The number of nitrogens with one attached hydrogen (secondary N) is 1. The van der Waals surface area contributed by atoms with Gasteiger partial charge in [0.15, 0.2) is 0 Å². The van der Waals surface area contributed by atoms with Gasteiger partial charge in [0.2, 0.25) is 0 Å². The van der Waals surface area contributed by atoms with Gasteiger partial charge in [-0.05, 0) is 51.5 Å². The number of rotatable bonds is 2. The van der Waals surface area contributed by atoms with Gasteiger partial charge in [0, 0.05) is 10.3 Å². The van der Waals surface area contributed by atoms with Gasteiger partial charge in [-0.3, -0.25) is 19.8 Å². The third-order valence-electron chi connectivity index (χ3n) is 5.64. The normalized spacial score (nSPS) is 31.0. The third-order valence-corrected chi connectivity index (χ3v) is 6.50. The Morgan fingerprint density at radius 1 is 1.17 bits per heavy atom. The number of hydrazine groups is 1. The van der Waals surface area contributed by atoms with Gasteiger partial charge in [0.05, 0.1) is 17.4 Å². The van der Waals surface area contributed by atoms with E-state index in [-0.39, 0.29) is 35.5 Å². The Balaban J connectivity index is 1.59. The van der Waals surface area contributed by atoms with Crippen LogP contribution in [0.4, 0.5) is 0 Å². The highest BCUT2D eigenvalue weighted by Gasteiger charge is 2.63. The first-order valence-electron chi connectivity index (χ1n) is 8.31. The van der Waals surface area contributed by atoms with Gasteiger partial charge in [0.1, 0.15) is 0 Å². The average molecular weight is 344 g/mol. The minimum absolute atomic E-state index is 0.173. The average Bonchev–Trinajstić information content (AvgIpc) is 3.26. The molecule has 3 amide bonds. The number of allylic oxidation sites excluding steroid dienone is 2. The van der Waals surface area contributed by atoms with E-state index in [9.17, 15) is 14.4 Å². The Morgan fingerprint density at radius 2 is 1.75 bits per heavy atom. The summed E-state index contributed by atoms with van der Waals surface area (Å²) in [5, 5.41) is 2.72. The molecule has 0 spiro atoms. The predicted molar refractivity (Wildman–Crippen MR) is 89.9 cm³/mol. The molecule has 1 N–H and O–H groups in total. The summed E-state index contributed by atoms with van der Waals surface area (Å²) >= 11 is 1.47. The molecule has 4 unspecified atom stereocenters. The quantitative estimate of drug-likeness (QED) is 0.662. The van der Waals surface area contributed by atoms with E-state index in [0.29, 0.717) is 5.56 Å². The van der Waals surface area contributed by atoms with Crippen molar-refractivity contribution in [2.75, 3.05) is 0 Å². The second-order valence-corrected chi connectivity index (χ2v) is 8.31. The molecule has 3 fully saturated rings. The van der Waals surface area contributed by atoms with E-state index in [2.05, 4.69) is 19.3 Å². The zero-order valence-corrected chi connectivity index (χ0v) is 14.8. The van der Waals surface area contributed by atoms with Crippen molar-refractivity contribution in [3.8, 4) is 0 Å². The summed E-state index contributed by atoms with van der Waals surface area (Å²) in [4.78, 5) is 38.9. The van der Waals surface area contributed by atoms with Crippen molar-refractivity contribution < 1.29 is 14.4 Å². The van der Waals surface area contributed by atoms with Crippen LogP contribution in [0.15, 0.2) is 22.6 Å². The highest BCUT2D eigenvalue weighted by molar-refractivity contribution is 7.10. The molecule has 4 rings (SSSR count). The third kappa shape index (κ3) is 2.02. The van der Waals surface area contributed by atoms with Crippen LogP contribution < -0.4 is 5.43 Å². The minimum atomic E-state index is -0.393. The van der Waals surface area contributed by atoms with E-state index in [0.717, 1.165) is 22.7 Å². The maximum absolute atomic E-state index is 12.8. The smallest absolute Gasteiger partial charge is 0.271 e. The van der Waals surface area contributed by atoms with Crippen LogP contribution in [-0.2, 0) is 9.59 Å². The zero-order chi connectivity index (χ0) is 17.2.